The number of nitrogens with zero attached hydrogens (tertiary/aromatic N) is 2. The fraction of sp³-hybridized carbons (Fsp3) is 0.294. The summed E-state index contributed by atoms with van der Waals surface area (Å²) in [6.07, 6.45) is 2.57. The van der Waals surface area contributed by atoms with Crippen LogP contribution in [0.3, 0.4) is 0 Å². The van der Waals surface area contributed by atoms with Crippen LogP contribution in [-0.4, -0.2) is 31.7 Å². The number of hydrogen-bond donors (Lipinski definition) is 2. The van der Waals surface area contributed by atoms with Crippen LogP contribution in [0.5, 0.6) is 11.5 Å². The van der Waals surface area contributed by atoms with Crippen LogP contribution in [0.1, 0.15) is 11.3 Å². The molecule has 0 bridgehead atoms. The Morgan fingerprint density at radius 3 is 2.72 bits per heavy atom. The number of halogens is 2. The van der Waals surface area contributed by atoms with Crippen molar-refractivity contribution in [2.24, 2.45) is 10.7 Å². The molecule has 0 atom stereocenters. The summed E-state index contributed by atoms with van der Waals surface area (Å²) in [5, 5.41) is 3.09. The van der Waals surface area contributed by atoms with Gasteiger partial charge in [0.25, 0.3) is 0 Å². The molecule has 0 amide bonds. The van der Waals surface area contributed by atoms with Crippen molar-refractivity contribution in [3.8, 4) is 11.5 Å². The molecule has 0 saturated carbocycles. The van der Waals surface area contributed by atoms with Crippen LogP contribution in [0.15, 0.2) is 46.0 Å². The third-order valence-corrected chi connectivity index (χ3v) is 3.93. The van der Waals surface area contributed by atoms with Crippen molar-refractivity contribution in [1.82, 2.24) is 10.3 Å². The quantitative estimate of drug-likeness (QED) is 0.333. The Hall–Kier alpha value is -1.55. The minimum atomic E-state index is 0. The zero-order valence-electron chi connectivity index (χ0n) is 14.2. The standard InChI is InChI=1S/C17H21BrN4O2.HI/c1-23-15-10-12(9-14(18)16(15)24-2)11-22-17(19)21-8-6-13-5-3-4-7-20-13;/h3-5,7,9-10H,6,8,11H2,1-2H3,(H3,19,21,22);1H. The number of ether oxygens (including phenoxy) is 2. The van der Waals surface area contributed by atoms with Gasteiger partial charge in [-0.3, -0.25) is 4.98 Å². The molecular weight excluding hydrogens is 499 g/mol. The third-order valence-electron chi connectivity index (χ3n) is 3.34. The Kier molecular flexibility index (Phi) is 9.58. The van der Waals surface area contributed by atoms with Gasteiger partial charge in [-0.1, -0.05) is 6.07 Å². The van der Waals surface area contributed by atoms with Crippen molar-refractivity contribution in [1.29, 1.82) is 0 Å². The Bertz CT molecular complexity index is 699. The summed E-state index contributed by atoms with van der Waals surface area (Å²) in [7, 11) is 3.20. The lowest BCUT2D eigenvalue weighted by Gasteiger charge is -2.11. The minimum Gasteiger partial charge on any atom is -0.493 e. The molecular formula is C17H22BrIN4O2. The number of pyridine rings is 1. The van der Waals surface area contributed by atoms with Crippen LogP contribution in [0.2, 0.25) is 0 Å². The van der Waals surface area contributed by atoms with Crippen molar-refractivity contribution in [2.45, 2.75) is 13.0 Å². The zero-order valence-corrected chi connectivity index (χ0v) is 18.1. The number of guanidine groups is 1. The van der Waals surface area contributed by atoms with E-state index in [4.69, 9.17) is 15.2 Å². The highest BCUT2D eigenvalue weighted by Crippen LogP contribution is 2.36. The van der Waals surface area contributed by atoms with Crippen LogP contribution >= 0.6 is 39.9 Å². The number of rotatable bonds is 7. The lowest BCUT2D eigenvalue weighted by atomic mass is 10.2. The molecule has 0 aliphatic heterocycles. The molecule has 6 nitrogen and oxygen atoms in total. The highest BCUT2D eigenvalue weighted by atomic mass is 127. The van der Waals surface area contributed by atoms with E-state index in [0.717, 1.165) is 22.2 Å². The van der Waals surface area contributed by atoms with Crippen molar-refractivity contribution in [3.63, 3.8) is 0 Å². The lowest BCUT2D eigenvalue weighted by Crippen LogP contribution is -2.33. The summed E-state index contributed by atoms with van der Waals surface area (Å²) in [5.41, 5.74) is 7.88. The number of methoxy groups -OCH3 is 2. The average Bonchev–Trinajstić information content (AvgIpc) is 2.60. The van der Waals surface area contributed by atoms with Gasteiger partial charge < -0.3 is 20.5 Å². The van der Waals surface area contributed by atoms with Crippen LogP contribution < -0.4 is 20.5 Å². The molecule has 0 aliphatic carbocycles. The minimum absolute atomic E-state index is 0. The fourth-order valence-corrected chi connectivity index (χ4v) is 2.81. The molecule has 0 saturated heterocycles. The van der Waals surface area contributed by atoms with E-state index in [1.54, 1.807) is 20.4 Å². The molecule has 0 radical (unpaired) electrons. The topological polar surface area (TPSA) is 81.8 Å². The van der Waals surface area contributed by atoms with Crippen LogP contribution in [0.4, 0.5) is 0 Å². The average molecular weight is 521 g/mol. The first-order chi connectivity index (χ1) is 11.6. The second kappa shape index (κ2) is 11.1. The van der Waals surface area contributed by atoms with Crippen molar-refractivity contribution < 1.29 is 9.47 Å². The van der Waals surface area contributed by atoms with Crippen molar-refractivity contribution >= 4 is 45.9 Å². The number of aliphatic imine (C=N–C) groups is 1. The Morgan fingerprint density at radius 2 is 2.08 bits per heavy atom. The predicted molar refractivity (Wildman–Crippen MR) is 114 cm³/mol. The number of benzene rings is 1. The number of hydrogen-bond acceptors (Lipinski definition) is 4. The molecule has 2 aromatic rings. The van der Waals surface area contributed by atoms with E-state index in [0.29, 0.717) is 30.5 Å². The first-order valence-electron chi connectivity index (χ1n) is 7.48. The van der Waals surface area contributed by atoms with Crippen LogP contribution in [-0.2, 0) is 13.0 Å². The van der Waals surface area contributed by atoms with Gasteiger partial charge in [-0.25, -0.2) is 4.99 Å². The predicted octanol–water partition coefficient (Wildman–Crippen LogP) is 3.13. The highest BCUT2D eigenvalue weighted by Gasteiger charge is 2.10. The van der Waals surface area contributed by atoms with Gasteiger partial charge in [-0.05, 0) is 45.8 Å². The number of nitrogens with two attached hydrogens (primary N) is 1. The molecule has 25 heavy (non-hydrogen) atoms. The van der Waals surface area contributed by atoms with Gasteiger partial charge >= 0.3 is 0 Å². The SMILES string of the molecule is COc1cc(CN=C(N)NCCc2ccccn2)cc(Br)c1OC.I. The number of aromatic nitrogens is 1. The van der Waals surface area contributed by atoms with Gasteiger partial charge in [0, 0.05) is 24.9 Å². The van der Waals surface area contributed by atoms with Gasteiger partial charge in [0.1, 0.15) is 0 Å². The van der Waals surface area contributed by atoms with Crippen LogP contribution in [0.25, 0.3) is 0 Å². The smallest absolute Gasteiger partial charge is 0.188 e. The summed E-state index contributed by atoms with van der Waals surface area (Å²) < 4.78 is 11.4. The molecule has 0 aliphatic rings. The van der Waals surface area contributed by atoms with Gasteiger partial charge in [0.2, 0.25) is 0 Å². The maximum absolute atomic E-state index is 5.90. The van der Waals surface area contributed by atoms with Crippen LogP contribution in [0, 0.1) is 0 Å². The van der Waals surface area contributed by atoms with Gasteiger partial charge in [-0.2, -0.15) is 0 Å². The maximum Gasteiger partial charge on any atom is 0.188 e. The van der Waals surface area contributed by atoms with E-state index < -0.39 is 0 Å². The molecule has 0 fully saturated rings. The van der Waals surface area contributed by atoms with E-state index in [1.165, 1.54) is 0 Å². The normalized spacial score (nSPS) is 10.8. The molecule has 2 rings (SSSR count). The van der Waals surface area contributed by atoms with Gasteiger partial charge in [-0.15, -0.1) is 24.0 Å². The molecule has 1 heterocycles. The van der Waals surface area contributed by atoms with E-state index in [2.05, 4.69) is 31.2 Å². The number of nitrogens with one attached hydrogen (secondary N) is 1. The monoisotopic (exact) mass is 520 g/mol. The summed E-state index contributed by atoms with van der Waals surface area (Å²) >= 11 is 3.47. The summed E-state index contributed by atoms with van der Waals surface area (Å²) in [6, 6.07) is 9.67. The third kappa shape index (κ3) is 6.69. The summed E-state index contributed by atoms with van der Waals surface area (Å²) in [4.78, 5) is 8.61. The van der Waals surface area contributed by atoms with E-state index >= 15 is 0 Å². The Labute approximate surface area is 173 Å². The maximum atomic E-state index is 5.90. The molecule has 0 unspecified atom stereocenters. The summed E-state index contributed by atoms with van der Waals surface area (Å²) in [5.74, 6) is 1.71. The fourth-order valence-electron chi connectivity index (χ4n) is 2.16. The van der Waals surface area contributed by atoms with Gasteiger partial charge in [0.15, 0.2) is 17.5 Å². The molecule has 8 heteroatoms. The Morgan fingerprint density at radius 1 is 1.28 bits per heavy atom. The van der Waals surface area contributed by atoms with E-state index in [-0.39, 0.29) is 24.0 Å². The van der Waals surface area contributed by atoms with Crippen molar-refractivity contribution in [2.75, 3.05) is 20.8 Å². The zero-order chi connectivity index (χ0) is 17.4. The molecule has 0 spiro atoms. The molecule has 3 N–H and O–H groups in total. The lowest BCUT2D eigenvalue weighted by molar-refractivity contribution is 0.352. The largest absolute Gasteiger partial charge is 0.493 e. The van der Waals surface area contributed by atoms with E-state index in [9.17, 15) is 0 Å². The molecule has 136 valence electrons. The second-order valence-corrected chi connectivity index (χ2v) is 5.87. The van der Waals surface area contributed by atoms with Crippen molar-refractivity contribution in [3.05, 3.63) is 52.3 Å². The van der Waals surface area contributed by atoms with E-state index in [1.807, 2.05) is 30.3 Å². The first-order valence-corrected chi connectivity index (χ1v) is 8.27. The first kappa shape index (κ1) is 21.5. The Balaban J connectivity index is 0.00000312. The molecule has 1 aromatic carbocycles. The highest BCUT2D eigenvalue weighted by molar-refractivity contribution is 14.0. The molecule has 1 aromatic heterocycles. The van der Waals surface area contributed by atoms with Gasteiger partial charge in [0.05, 0.1) is 25.2 Å². The summed E-state index contributed by atoms with van der Waals surface area (Å²) in [6.45, 7) is 1.13. The second-order valence-electron chi connectivity index (χ2n) is 5.01.